The Morgan fingerprint density at radius 2 is 2.11 bits per heavy atom. The van der Waals surface area contributed by atoms with Gasteiger partial charge in [-0.15, -0.1) is 11.3 Å². The summed E-state index contributed by atoms with van der Waals surface area (Å²) < 4.78 is 0.404. The first-order valence-electron chi connectivity index (χ1n) is 7.08. The highest BCUT2D eigenvalue weighted by Gasteiger charge is 2.31. The minimum absolute atomic E-state index is 0.184. The Balaban J connectivity index is 2.18. The Morgan fingerprint density at radius 1 is 1.37 bits per heavy atom. The van der Waals surface area contributed by atoms with E-state index in [0.717, 1.165) is 13.1 Å². The zero-order valence-electron chi connectivity index (χ0n) is 12.5. The van der Waals surface area contributed by atoms with Gasteiger partial charge in [-0.3, -0.25) is 4.90 Å². The molecular weight excluding hydrogens is 272 g/mol. The Hall–Kier alpha value is -0.0300. The summed E-state index contributed by atoms with van der Waals surface area (Å²) in [4.78, 5) is 4.06. The number of rotatable bonds is 3. The van der Waals surface area contributed by atoms with Gasteiger partial charge in [-0.25, -0.2) is 0 Å². The van der Waals surface area contributed by atoms with Crippen molar-refractivity contribution >= 4 is 23.1 Å². The van der Waals surface area contributed by atoms with Crippen LogP contribution in [0.15, 0.2) is 11.4 Å². The molecule has 0 spiro atoms. The lowest BCUT2D eigenvalue weighted by Gasteiger charge is -2.33. The van der Waals surface area contributed by atoms with E-state index in [1.165, 1.54) is 22.6 Å². The lowest BCUT2D eigenvalue weighted by molar-refractivity contribution is 0.187. The molecule has 108 valence electrons. The molecular formula is C15H26N2S2. The quantitative estimate of drug-likeness (QED) is 0.923. The SMILES string of the molecule is Cc1ccsc1C(C(C)N)N1CCSC(C)(C)CC1. The van der Waals surface area contributed by atoms with E-state index < -0.39 is 0 Å². The number of thioether (sulfide) groups is 1. The normalized spacial score (nSPS) is 23.8. The topological polar surface area (TPSA) is 29.3 Å². The van der Waals surface area contributed by atoms with E-state index in [4.69, 9.17) is 5.73 Å². The molecule has 19 heavy (non-hydrogen) atoms. The van der Waals surface area contributed by atoms with Crippen molar-refractivity contribution in [3.05, 3.63) is 21.9 Å². The van der Waals surface area contributed by atoms with Gasteiger partial charge in [0.15, 0.2) is 0 Å². The van der Waals surface area contributed by atoms with Gasteiger partial charge in [0.2, 0.25) is 0 Å². The van der Waals surface area contributed by atoms with Gasteiger partial charge < -0.3 is 5.73 Å². The van der Waals surface area contributed by atoms with E-state index in [9.17, 15) is 0 Å². The fourth-order valence-corrected chi connectivity index (χ4v) is 5.03. The summed E-state index contributed by atoms with van der Waals surface area (Å²) in [5.41, 5.74) is 7.70. The maximum atomic E-state index is 6.30. The highest BCUT2D eigenvalue weighted by atomic mass is 32.2. The van der Waals surface area contributed by atoms with Crippen molar-refractivity contribution in [1.29, 1.82) is 0 Å². The molecule has 2 unspecified atom stereocenters. The fourth-order valence-electron chi connectivity index (χ4n) is 2.74. The molecule has 1 fully saturated rings. The Morgan fingerprint density at radius 3 is 2.68 bits per heavy atom. The van der Waals surface area contributed by atoms with Crippen LogP contribution in [-0.2, 0) is 0 Å². The minimum atomic E-state index is 0.184. The maximum absolute atomic E-state index is 6.30. The summed E-state index contributed by atoms with van der Waals surface area (Å²) in [6.07, 6.45) is 1.24. The molecule has 2 heterocycles. The van der Waals surface area contributed by atoms with Gasteiger partial charge in [0.25, 0.3) is 0 Å². The fraction of sp³-hybridized carbons (Fsp3) is 0.733. The Labute approximate surface area is 125 Å². The molecule has 0 radical (unpaired) electrons. The summed E-state index contributed by atoms with van der Waals surface area (Å²) in [7, 11) is 0. The first kappa shape index (κ1) is 15.4. The van der Waals surface area contributed by atoms with Crippen molar-refractivity contribution in [2.24, 2.45) is 5.73 Å². The first-order valence-corrected chi connectivity index (χ1v) is 8.95. The Kier molecular flexibility index (Phi) is 4.99. The predicted octanol–water partition coefficient (Wildman–Crippen LogP) is 3.66. The van der Waals surface area contributed by atoms with Crippen LogP contribution >= 0.6 is 23.1 Å². The summed E-state index contributed by atoms with van der Waals surface area (Å²) in [6, 6.07) is 2.78. The van der Waals surface area contributed by atoms with Crippen LogP contribution in [0.2, 0.25) is 0 Å². The monoisotopic (exact) mass is 298 g/mol. The summed E-state index contributed by atoms with van der Waals surface area (Å²) in [6.45, 7) is 11.4. The standard InChI is InChI=1S/C15H26N2S2/c1-11-5-9-18-14(11)13(12(2)16)17-7-6-15(3,4)19-10-8-17/h5,9,12-13H,6-8,10,16H2,1-4H3. The molecule has 1 aromatic rings. The number of hydrogen-bond donors (Lipinski definition) is 1. The van der Waals surface area contributed by atoms with Crippen LogP contribution in [0.4, 0.5) is 0 Å². The van der Waals surface area contributed by atoms with Gasteiger partial charge in [0.05, 0.1) is 6.04 Å². The first-order chi connectivity index (χ1) is 8.91. The van der Waals surface area contributed by atoms with Crippen molar-refractivity contribution in [3.8, 4) is 0 Å². The largest absolute Gasteiger partial charge is 0.326 e. The number of nitrogens with two attached hydrogens (primary N) is 1. The summed E-state index contributed by atoms with van der Waals surface area (Å²) in [5.74, 6) is 1.21. The van der Waals surface area contributed by atoms with Gasteiger partial charge in [0.1, 0.15) is 0 Å². The number of nitrogens with zero attached hydrogens (tertiary/aromatic N) is 1. The van der Waals surface area contributed by atoms with Crippen LogP contribution in [0, 0.1) is 6.92 Å². The molecule has 0 amide bonds. The van der Waals surface area contributed by atoms with E-state index in [2.05, 4.69) is 55.8 Å². The van der Waals surface area contributed by atoms with Crippen LogP contribution in [0.3, 0.4) is 0 Å². The van der Waals surface area contributed by atoms with E-state index in [0.29, 0.717) is 10.8 Å². The molecule has 4 heteroatoms. The van der Waals surface area contributed by atoms with E-state index >= 15 is 0 Å². The van der Waals surface area contributed by atoms with E-state index in [-0.39, 0.29) is 6.04 Å². The van der Waals surface area contributed by atoms with Crippen LogP contribution in [0.1, 0.15) is 43.7 Å². The maximum Gasteiger partial charge on any atom is 0.0593 e. The highest BCUT2D eigenvalue weighted by molar-refractivity contribution is 8.00. The molecule has 0 bridgehead atoms. The van der Waals surface area contributed by atoms with Gasteiger partial charge in [0, 0.05) is 34.5 Å². The predicted molar refractivity (Wildman–Crippen MR) is 88.2 cm³/mol. The molecule has 2 atom stereocenters. The zero-order valence-corrected chi connectivity index (χ0v) is 14.1. The third-order valence-electron chi connectivity index (χ3n) is 3.93. The van der Waals surface area contributed by atoms with Gasteiger partial charge >= 0.3 is 0 Å². The van der Waals surface area contributed by atoms with Crippen LogP contribution in [0.5, 0.6) is 0 Å². The molecule has 1 aliphatic rings. The van der Waals surface area contributed by atoms with E-state index in [1.54, 1.807) is 0 Å². The molecule has 1 aromatic heterocycles. The zero-order chi connectivity index (χ0) is 14.0. The second kappa shape index (κ2) is 6.17. The average Bonchev–Trinajstić information content (AvgIpc) is 2.63. The van der Waals surface area contributed by atoms with Gasteiger partial charge in [-0.2, -0.15) is 11.8 Å². The third kappa shape index (κ3) is 3.75. The third-order valence-corrected chi connectivity index (χ3v) is 6.40. The van der Waals surface area contributed by atoms with Crippen molar-refractivity contribution < 1.29 is 0 Å². The number of hydrogen-bond acceptors (Lipinski definition) is 4. The van der Waals surface area contributed by atoms with Crippen molar-refractivity contribution in [1.82, 2.24) is 4.90 Å². The molecule has 1 saturated heterocycles. The van der Waals surface area contributed by atoms with Crippen molar-refractivity contribution in [2.75, 3.05) is 18.8 Å². The molecule has 0 aliphatic carbocycles. The van der Waals surface area contributed by atoms with Crippen molar-refractivity contribution in [3.63, 3.8) is 0 Å². The van der Waals surface area contributed by atoms with Gasteiger partial charge in [-0.05, 0) is 37.3 Å². The van der Waals surface area contributed by atoms with Crippen LogP contribution in [-0.4, -0.2) is 34.5 Å². The van der Waals surface area contributed by atoms with Crippen molar-refractivity contribution in [2.45, 2.75) is 50.9 Å². The second-order valence-electron chi connectivity index (χ2n) is 6.17. The average molecular weight is 299 g/mol. The lowest BCUT2D eigenvalue weighted by atomic mass is 10.0. The number of aryl methyl sites for hydroxylation is 1. The van der Waals surface area contributed by atoms with Gasteiger partial charge in [-0.1, -0.05) is 13.8 Å². The smallest absolute Gasteiger partial charge is 0.0593 e. The van der Waals surface area contributed by atoms with Crippen LogP contribution in [0.25, 0.3) is 0 Å². The van der Waals surface area contributed by atoms with Crippen LogP contribution < -0.4 is 5.73 Å². The number of thiophene rings is 1. The lowest BCUT2D eigenvalue weighted by Crippen LogP contribution is -2.40. The second-order valence-corrected chi connectivity index (χ2v) is 8.92. The highest BCUT2D eigenvalue weighted by Crippen LogP contribution is 2.36. The summed E-state index contributed by atoms with van der Waals surface area (Å²) in [5, 5.41) is 2.19. The molecule has 0 saturated carbocycles. The molecule has 1 aliphatic heterocycles. The Bertz CT molecular complexity index is 412. The minimum Gasteiger partial charge on any atom is -0.326 e. The molecule has 2 N–H and O–H groups in total. The van der Waals surface area contributed by atoms with E-state index in [1.807, 2.05) is 11.3 Å². The summed E-state index contributed by atoms with van der Waals surface area (Å²) >= 11 is 3.95. The molecule has 2 rings (SSSR count). The molecule has 2 nitrogen and oxygen atoms in total. The molecule has 0 aromatic carbocycles.